The van der Waals surface area contributed by atoms with E-state index in [0.717, 1.165) is 18.2 Å². The third kappa shape index (κ3) is 3.76. The van der Waals surface area contributed by atoms with Gasteiger partial charge in [-0.2, -0.15) is 26.3 Å². The van der Waals surface area contributed by atoms with Crippen LogP contribution < -0.4 is 5.32 Å². The van der Waals surface area contributed by atoms with E-state index >= 15 is 0 Å². The average Bonchev–Trinajstić information content (AvgIpc) is 2.91. The highest BCUT2D eigenvalue weighted by molar-refractivity contribution is 6.03. The van der Waals surface area contributed by atoms with Crippen LogP contribution in [0.5, 0.6) is 0 Å². The first-order valence-electron chi connectivity index (χ1n) is 8.32. The summed E-state index contributed by atoms with van der Waals surface area (Å²) in [6.07, 6.45) is -8.72. The number of carbonyl (C=O) groups excluding carboxylic acids is 1. The Morgan fingerprint density at radius 2 is 1.50 bits per heavy atom. The van der Waals surface area contributed by atoms with Crippen molar-refractivity contribution in [1.82, 2.24) is 0 Å². The van der Waals surface area contributed by atoms with Crippen LogP contribution in [-0.2, 0) is 16.4 Å². The number of rotatable bonds is 4. The van der Waals surface area contributed by atoms with Gasteiger partial charge in [-0.15, -0.1) is 0 Å². The molecule has 3 rings (SSSR count). The van der Waals surface area contributed by atoms with Crippen LogP contribution >= 0.6 is 0 Å². The zero-order valence-corrected chi connectivity index (χ0v) is 14.3. The number of para-hydroxylation sites is 1. The highest BCUT2D eigenvalue weighted by atomic mass is 19.4. The van der Waals surface area contributed by atoms with Gasteiger partial charge in [-0.1, -0.05) is 48.5 Å². The van der Waals surface area contributed by atoms with Gasteiger partial charge < -0.3 is 5.32 Å². The van der Waals surface area contributed by atoms with E-state index in [4.69, 9.17) is 0 Å². The lowest BCUT2D eigenvalue weighted by Gasteiger charge is -2.36. The Labute approximate surface area is 156 Å². The molecule has 2 aromatic rings. The van der Waals surface area contributed by atoms with Gasteiger partial charge in [-0.3, -0.25) is 4.79 Å². The van der Waals surface area contributed by atoms with Crippen LogP contribution in [0.3, 0.4) is 0 Å². The van der Waals surface area contributed by atoms with Crippen LogP contribution in [0.15, 0.2) is 66.7 Å². The fourth-order valence-electron chi connectivity index (χ4n) is 3.52. The smallest absolute Gasteiger partial charge is 0.377 e. The molecule has 0 saturated carbocycles. The van der Waals surface area contributed by atoms with Crippen LogP contribution in [0.25, 0.3) is 0 Å². The molecular formula is C20H15F6NO. The third-order valence-corrected chi connectivity index (χ3v) is 4.72. The average molecular weight is 399 g/mol. The first kappa shape index (κ1) is 20.0. The van der Waals surface area contributed by atoms with Crippen LogP contribution in [-0.4, -0.2) is 18.0 Å². The molecule has 0 radical (unpaired) electrons. The molecule has 0 unspecified atom stereocenters. The summed E-state index contributed by atoms with van der Waals surface area (Å²) in [5, 5.41) is 2.53. The van der Waals surface area contributed by atoms with Gasteiger partial charge in [-0.05, 0) is 23.8 Å². The van der Waals surface area contributed by atoms with Crippen molar-refractivity contribution in [2.45, 2.75) is 30.2 Å². The van der Waals surface area contributed by atoms with Gasteiger partial charge in [0, 0.05) is 5.69 Å². The molecule has 1 aliphatic carbocycles. The molecule has 2 atom stereocenters. The number of hydrogen-bond acceptors (Lipinski definition) is 2. The summed E-state index contributed by atoms with van der Waals surface area (Å²) in [6, 6.07) is 10.5. The van der Waals surface area contributed by atoms with E-state index in [1.807, 2.05) is 0 Å². The molecule has 1 aliphatic rings. The first-order valence-corrected chi connectivity index (χ1v) is 8.32. The number of ketones is 1. The number of halogens is 6. The Kier molecular flexibility index (Phi) is 4.99. The van der Waals surface area contributed by atoms with Gasteiger partial charge in [0.2, 0.25) is 0 Å². The minimum Gasteiger partial charge on any atom is -0.377 e. The predicted octanol–water partition coefficient (Wildman–Crippen LogP) is 5.52. The van der Waals surface area contributed by atoms with Gasteiger partial charge in [0.15, 0.2) is 5.78 Å². The van der Waals surface area contributed by atoms with Gasteiger partial charge in [0.05, 0.1) is 23.4 Å². The molecule has 0 aromatic heterocycles. The molecule has 0 bridgehead atoms. The molecule has 0 spiro atoms. The summed E-state index contributed by atoms with van der Waals surface area (Å²) in [7, 11) is 0. The van der Waals surface area contributed by atoms with E-state index in [9.17, 15) is 31.1 Å². The number of benzene rings is 2. The Bertz CT molecular complexity index is 888. The van der Waals surface area contributed by atoms with Crippen molar-refractivity contribution in [3.8, 4) is 0 Å². The quantitative estimate of drug-likeness (QED) is 0.687. The number of nitrogens with one attached hydrogen (secondary N) is 1. The number of carbonyl (C=O) groups is 1. The van der Waals surface area contributed by atoms with Crippen molar-refractivity contribution in [1.29, 1.82) is 0 Å². The highest BCUT2D eigenvalue weighted by Gasteiger charge is 2.54. The minimum atomic E-state index is -4.71. The largest absolute Gasteiger partial charge is 0.418 e. The van der Waals surface area contributed by atoms with Crippen molar-refractivity contribution >= 4 is 11.5 Å². The monoisotopic (exact) mass is 399 g/mol. The Balaban J connectivity index is 2.09. The molecule has 0 heterocycles. The lowest BCUT2D eigenvalue weighted by molar-refractivity contribution is -0.155. The number of anilines is 1. The molecule has 28 heavy (non-hydrogen) atoms. The molecule has 0 saturated heterocycles. The second-order valence-electron chi connectivity index (χ2n) is 6.52. The second-order valence-corrected chi connectivity index (χ2v) is 6.52. The van der Waals surface area contributed by atoms with Crippen LogP contribution in [0.4, 0.5) is 32.0 Å². The predicted molar refractivity (Wildman–Crippen MR) is 91.8 cm³/mol. The van der Waals surface area contributed by atoms with Crippen molar-refractivity contribution in [2.75, 3.05) is 5.32 Å². The molecule has 0 fully saturated rings. The Morgan fingerprint density at radius 3 is 2.11 bits per heavy atom. The Morgan fingerprint density at radius 1 is 0.893 bits per heavy atom. The molecule has 148 valence electrons. The van der Waals surface area contributed by atoms with E-state index in [-0.39, 0.29) is 11.3 Å². The summed E-state index contributed by atoms with van der Waals surface area (Å²) in [6.45, 7) is 0. The molecule has 1 N–H and O–H groups in total. The Hall–Kier alpha value is -2.77. The van der Waals surface area contributed by atoms with E-state index < -0.39 is 41.6 Å². The van der Waals surface area contributed by atoms with Gasteiger partial charge in [0.1, 0.15) is 0 Å². The summed E-state index contributed by atoms with van der Waals surface area (Å²) in [5.74, 6) is -0.807. The van der Waals surface area contributed by atoms with E-state index in [0.29, 0.717) is 0 Å². The SMILES string of the molecule is O=C1C=C[C@@H](Nc2ccccc2C(F)(F)F)[C@@]1(CC(F)(F)F)c1ccccc1. The summed E-state index contributed by atoms with van der Waals surface area (Å²) in [5.41, 5.74) is -3.40. The number of alkyl halides is 6. The van der Waals surface area contributed by atoms with E-state index in [2.05, 4.69) is 5.32 Å². The first-order chi connectivity index (χ1) is 13.0. The highest BCUT2D eigenvalue weighted by Crippen LogP contribution is 2.45. The third-order valence-electron chi connectivity index (χ3n) is 4.72. The van der Waals surface area contributed by atoms with Gasteiger partial charge in [0.25, 0.3) is 0 Å². The summed E-state index contributed by atoms with van der Waals surface area (Å²) in [4.78, 5) is 12.6. The van der Waals surface area contributed by atoms with Crippen LogP contribution in [0.1, 0.15) is 17.5 Å². The molecule has 0 amide bonds. The van der Waals surface area contributed by atoms with Crippen molar-refractivity contribution in [3.05, 3.63) is 77.9 Å². The van der Waals surface area contributed by atoms with Gasteiger partial charge >= 0.3 is 12.4 Å². The summed E-state index contributed by atoms with van der Waals surface area (Å²) < 4.78 is 80.1. The normalized spacial score (nSPS) is 22.5. The number of hydrogen-bond donors (Lipinski definition) is 1. The van der Waals surface area contributed by atoms with Crippen molar-refractivity contribution in [2.24, 2.45) is 0 Å². The fourth-order valence-corrected chi connectivity index (χ4v) is 3.52. The lowest BCUT2D eigenvalue weighted by Crippen LogP contribution is -2.48. The van der Waals surface area contributed by atoms with E-state index in [1.54, 1.807) is 6.07 Å². The van der Waals surface area contributed by atoms with Crippen LogP contribution in [0.2, 0.25) is 0 Å². The topological polar surface area (TPSA) is 29.1 Å². The maximum absolute atomic E-state index is 13.4. The minimum absolute atomic E-state index is 0.0873. The molecule has 0 aliphatic heterocycles. The van der Waals surface area contributed by atoms with Crippen molar-refractivity contribution in [3.63, 3.8) is 0 Å². The van der Waals surface area contributed by atoms with Crippen LogP contribution in [0, 0.1) is 0 Å². The van der Waals surface area contributed by atoms with Crippen molar-refractivity contribution < 1.29 is 31.1 Å². The second kappa shape index (κ2) is 7.00. The molecule has 2 aromatic carbocycles. The zero-order chi connectivity index (χ0) is 20.6. The maximum Gasteiger partial charge on any atom is 0.418 e. The molecule has 2 nitrogen and oxygen atoms in total. The maximum atomic E-state index is 13.4. The summed E-state index contributed by atoms with van der Waals surface area (Å²) >= 11 is 0. The molecule has 8 heteroatoms. The van der Waals surface area contributed by atoms with E-state index in [1.165, 1.54) is 42.5 Å². The lowest BCUT2D eigenvalue weighted by atomic mass is 9.71. The zero-order valence-electron chi connectivity index (χ0n) is 14.3. The van der Waals surface area contributed by atoms with Gasteiger partial charge in [-0.25, -0.2) is 0 Å². The fraction of sp³-hybridized carbons (Fsp3) is 0.250. The number of allylic oxidation sites excluding steroid dienone is 1. The standard InChI is InChI=1S/C20H15F6NO/c21-19(22,23)12-18(13-6-2-1-3-7-13)16(10-11-17(18)28)27-15-9-5-4-8-14(15)20(24,25)26/h1-11,16,27H,12H2/t16-,18-/m1/s1. The molecular weight excluding hydrogens is 384 g/mol.